The van der Waals surface area contributed by atoms with E-state index in [1.54, 1.807) is 4.68 Å². The lowest BCUT2D eigenvalue weighted by atomic mass is 10.1. The molecule has 7 heteroatoms. The zero-order chi connectivity index (χ0) is 8.55. The molecule has 1 fully saturated rings. The second-order valence-electron chi connectivity index (χ2n) is 3.06. The molecule has 1 aromatic heterocycles. The molecule has 2 unspecified atom stereocenters. The Bertz CT molecular complexity index is 280. The number of hydrogen-bond donors (Lipinski definition) is 1. The molecule has 0 saturated carbocycles. The van der Waals surface area contributed by atoms with Crippen molar-refractivity contribution in [3.63, 3.8) is 0 Å². The number of halogens is 2. The van der Waals surface area contributed by atoms with Crippen LogP contribution in [0.4, 0.5) is 0 Å². The summed E-state index contributed by atoms with van der Waals surface area (Å²) >= 11 is 0. The van der Waals surface area contributed by atoms with Crippen molar-refractivity contribution in [2.75, 3.05) is 6.61 Å². The normalized spacial score (nSPS) is 25.3. The molecule has 0 spiro atoms. The molecule has 2 N–H and O–H groups in total. The van der Waals surface area contributed by atoms with Crippen molar-refractivity contribution >= 4 is 24.8 Å². The first-order valence-corrected chi connectivity index (χ1v) is 4.01. The summed E-state index contributed by atoms with van der Waals surface area (Å²) < 4.78 is 7.08. The van der Waals surface area contributed by atoms with E-state index in [1.165, 1.54) is 0 Å². The van der Waals surface area contributed by atoms with Crippen LogP contribution in [0, 0.1) is 0 Å². The number of nitrogens with two attached hydrogens (primary N) is 1. The van der Waals surface area contributed by atoms with Gasteiger partial charge < -0.3 is 10.5 Å². The monoisotopic (exact) mass is 240 g/mol. The molecule has 0 radical (unpaired) electrons. The molecule has 0 bridgehead atoms. The Morgan fingerprint density at radius 1 is 1.57 bits per heavy atom. The molecule has 1 aromatic rings. The van der Waals surface area contributed by atoms with Gasteiger partial charge in [-0.1, -0.05) is 5.21 Å². The first-order valence-electron chi connectivity index (χ1n) is 4.01. The van der Waals surface area contributed by atoms with E-state index < -0.39 is 0 Å². The summed E-state index contributed by atoms with van der Waals surface area (Å²) in [6, 6.07) is 0.0710. The Labute approximate surface area is 94.8 Å². The third kappa shape index (κ3) is 2.57. The Hall–Kier alpha value is -0.360. The highest BCUT2D eigenvalue weighted by Crippen LogP contribution is 2.25. The van der Waals surface area contributed by atoms with Crippen molar-refractivity contribution in [1.82, 2.24) is 15.0 Å². The van der Waals surface area contributed by atoms with Crippen molar-refractivity contribution in [3.05, 3.63) is 11.9 Å². The van der Waals surface area contributed by atoms with Gasteiger partial charge in [0.15, 0.2) is 0 Å². The Morgan fingerprint density at radius 2 is 2.29 bits per heavy atom. The third-order valence-corrected chi connectivity index (χ3v) is 2.05. The highest BCUT2D eigenvalue weighted by Gasteiger charge is 2.28. The lowest BCUT2D eigenvalue weighted by Gasteiger charge is -2.09. The maximum atomic E-state index is 5.82. The van der Waals surface area contributed by atoms with Crippen molar-refractivity contribution in [3.8, 4) is 0 Å². The van der Waals surface area contributed by atoms with Gasteiger partial charge >= 0.3 is 0 Å². The maximum absolute atomic E-state index is 5.82. The zero-order valence-electron chi connectivity index (χ0n) is 7.79. The standard InChI is InChI=1S/C7H12N4O.2ClH/c1-11-4-6(9-10-11)7-5(8)2-3-12-7;;/h4-5,7H,2-3,8H2,1H3;2*1H. The fraction of sp³-hybridized carbons (Fsp3) is 0.714. The van der Waals surface area contributed by atoms with E-state index in [4.69, 9.17) is 10.5 Å². The first kappa shape index (κ1) is 13.6. The summed E-state index contributed by atoms with van der Waals surface area (Å²) in [6.07, 6.45) is 2.69. The van der Waals surface area contributed by atoms with Crippen LogP contribution in [0.25, 0.3) is 0 Å². The summed E-state index contributed by atoms with van der Waals surface area (Å²) in [5, 5.41) is 7.78. The highest BCUT2D eigenvalue weighted by molar-refractivity contribution is 5.85. The SMILES string of the molecule is Cl.Cl.Cn1cc(C2OCCC2N)nn1. The molecule has 1 saturated heterocycles. The first-order chi connectivity index (χ1) is 5.77. The van der Waals surface area contributed by atoms with Crippen LogP contribution in [0.15, 0.2) is 6.20 Å². The molecule has 2 rings (SSSR count). The number of ether oxygens (including phenoxy) is 1. The summed E-state index contributed by atoms with van der Waals surface area (Å²) in [6.45, 7) is 0.725. The maximum Gasteiger partial charge on any atom is 0.118 e. The van der Waals surface area contributed by atoms with E-state index in [9.17, 15) is 0 Å². The van der Waals surface area contributed by atoms with Gasteiger partial charge in [-0.2, -0.15) is 0 Å². The van der Waals surface area contributed by atoms with Crippen LogP contribution in [0.2, 0.25) is 0 Å². The van der Waals surface area contributed by atoms with Crippen LogP contribution in [0.3, 0.4) is 0 Å². The predicted octanol–water partition coefficient (Wildman–Crippen LogP) is 0.447. The Morgan fingerprint density at radius 3 is 2.71 bits per heavy atom. The van der Waals surface area contributed by atoms with Gasteiger partial charge in [0.2, 0.25) is 0 Å². The molecule has 2 atom stereocenters. The largest absolute Gasteiger partial charge is 0.370 e. The van der Waals surface area contributed by atoms with Gasteiger partial charge in [0.25, 0.3) is 0 Å². The minimum atomic E-state index is -0.0568. The van der Waals surface area contributed by atoms with Crippen LogP contribution in [-0.4, -0.2) is 27.6 Å². The summed E-state index contributed by atoms with van der Waals surface area (Å²) in [5.74, 6) is 0. The van der Waals surface area contributed by atoms with Crippen molar-refractivity contribution in [1.29, 1.82) is 0 Å². The zero-order valence-corrected chi connectivity index (χ0v) is 9.42. The fourth-order valence-electron chi connectivity index (χ4n) is 1.41. The van der Waals surface area contributed by atoms with Gasteiger partial charge in [-0.3, -0.25) is 4.68 Å². The average Bonchev–Trinajstić information content (AvgIpc) is 2.58. The molecule has 1 aliphatic heterocycles. The van der Waals surface area contributed by atoms with Crippen LogP contribution in [0.5, 0.6) is 0 Å². The Balaban J connectivity index is 0.000000845. The van der Waals surface area contributed by atoms with E-state index in [-0.39, 0.29) is 37.0 Å². The molecule has 2 heterocycles. The summed E-state index contributed by atoms with van der Waals surface area (Å²) in [7, 11) is 1.83. The van der Waals surface area contributed by atoms with Crippen molar-refractivity contribution in [2.45, 2.75) is 18.6 Å². The molecule has 1 aliphatic rings. The van der Waals surface area contributed by atoms with Gasteiger partial charge in [0.1, 0.15) is 11.8 Å². The fourth-order valence-corrected chi connectivity index (χ4v) is 1.41. The van der Waals surface area contributed by atoms with Crippen LogP contribution in [0.1, 0.15) is 18.2 Å². The number of rotatable bonds is 1. The molecule has 0 aliphatic carbocycles. The number of aromatic nitrogens is 3. The highest BCUT2D eigenvalue weighted by atomic mass is 35.5. The lowest BCUT2D eigenvalue weighted by molar-refractivity contribution is 0.101. The van der Waals surface area contributed by atoms with E-state index in [0.717, 1.165) is 18.7 Å². The van der Waals surface area contributed by atoms with E-state index >= 15 is 0 Å². The third-order valence-electron chi connectivity index (χ3n) is 2.05. The quantitative estimate of drug-likeness (QED) is 0.775. The average molecular weight is 241 g/mol. The minimum Gasteiger partial charge on any atom is -0.370 e. The molecule has 14 heavy (non-hydrogen) atoms. The van der Waals surface area contributed by atoms with E-state index in [0.29, 0.717) is 0 Å². The number of hydrogen-bond acceptors (Lipinski definition) is 4. The molecule has 5 nitrogen and oxygen atoms in total. The molecule has 0 amide bonds. The summed E-state index contributed by atoms with van der Waals surface area (Å²) in [4.78, 5) is 0. The Kier molecular flexibility index (Phi) is 5.36. The second-order valence-corrected chi connectivity index (χ2v) is 3.06. The van der Waals surface area contributed by atoms with E-state index in [1.807, 2.05) is 13.2 Å². The van der Waals surface area contributed by atoms with Crippen LogP contribution < -0.4 is 5.73 Å². The summed E-state index contributed by atoms with van der Waals surface area (Å²) in [5.41, 5.74) is 6.65. The van der Waals surface area contributed by atoms with E-state index in [2.05, 4.69) is 10.3 Å². The smallest absolute Gasteiger partial charge is 0.118 e. The van der Waals surface area contributed by atoms with Crippen LogP contribution >= 0.6 is 24.8 Å². The second kappa shape index (κ2) is 5.50. The molecule has 82 valence electrons. The van der Waals surface area contributed by atoms with Gasteiger partial charge in [-0.15, -0.1) is 29.9 Å². The molecular formula is C7H14Cl2N4O. The van der Waals surface area contributed by atoms with Crippen molar-refractivity contribution in [2.24, 2.45) is 12.8 Å². The molecular weight excluding hydrogens is 227 g/mol. The van der Waals surface area contributed by atoms with Gasteiger partial charge in [-0.05, 0) is 6.42 Å². The van der Waals surface area contributed by atoms with Crippen LogP contribution in [-0.2, 0) is 11.8 Å². The van der Waals surface area contributed by atoms with Gasteiger partial charge in [-0.25, -0.2) is 0 Å². The van der Waals surface area contributed by atoms with Crippen molar-refractivity contribution < 1.29 is 4.74 Å². The minimum absolute atomic E-state index is 0. The predicted molar refractivity (Wildman–Crippen MR) is 56.8 cm³/mol. The van der Waals surface area contributed by atoms with Gasteiger partial charge in [0, 0.05) is 19.7 Å². The number of nitrogens with zero attached hydrogens (tertiary/aromatic N) is 3. The lowest BCUT2D eigenvalue weighted by Crippen LogP contribution is -2.23. The van der Waals surface area contributed by atoms with Gasteiger partial charge in [0.05, 0.1) is 6.20 Å². The molecule has 0 aromatic carbocycles. The number of aryl methyl sites for hydroxylation is 1. The topological polar surface area (TPSA) is 66.0 Å².